The highest BCUT2D eigenvalue weighted by Crippen LogP contribution is 2.22. The molecule has 0 atom stereocenters. The number of hydrogen-bond donors (Lipinski definition) is 0. The standard InChI is InChI=1S/C13H18N2OS/c1-3-15(4-2)7-8-16-11-5-6-13-12(9-11)14-10-17-13/h5-6,9-10H,3-4,7-8H2,1-2H3. The van der Waals surface area contributed by atoms with Gasteiger partial charge in [-0.2, -0.15) is 0 Å². The Kier molecular flexibility index (Phi) is 4.34. The molecule has 92 valence electrons. The number of aromatic nitrogens is 1. The van der Waals surface area contributed by atoms with E-state index in [2.05, 4.69) is 29.8 Å². The molecule has 0 N–H and O–H groups in total. The molecule has 17 heavy (non-hydrogen) atoms. The molecular weight excluding hydrogens is 232 g/mol. The molecule has 3 nitrogen and oxygen atoms in total. The molecule has 0 unspecified atom stereocenters. The lowest BCUT2D eigenvalue weighted by atomic mass is 10.3. The van der Waals surface area contributed by atoms with Crippen LogP contribution in [-0.4, -0.2) is 36.1 Å². The van der Waals surface area contributed by atoms with Crippen molar-refractivity contribution in [1.29, 1.82) is 0 Å². The van der Waals surface area contributed by atoms with Crippen molar-refractivity contribution in [2.24, 2.45) is 0 Å². The van der Waals surface area contributed by atoms with Crippen molar-refractivity contribution < 1.29 is 4.74 Å². The lowest BCUT2D eigenvalue weighted by molar-refractivity contribution is 0.223. The van der Waals surface area contributed by atoms with Crippen molar-refractivity contribution in [3.8, 4) is 5.75 Å². The molecule has 0 saturated carbocycles. The van der Waals surface area contributed by atoms with Gasteiger partial charge >= 0.3 is 0 Å². The Bertz CT molecular complexity index is 465. The summed E-state index contributed by atoms with van der Waals surface area (Å²) in [6.07, 6.45) is 0. The first kappa shape index (κ1) is 12.3. The molecule has 0 radical (unpaired) electrons. The monoisotopic (exact) mass is 250 g/mol. The predicted octanol–water partition coefficient (Wildman–Crippen LogP) is 3.02. The smallest absolute Gasteiger partial charge is 0.121 e. The third kappa shape index (κ3) is 3.17. The predicted molar refractivity (Wildman–Crippen MR) is 72.9 cm³/mol. The molecule has 0 amide bonds. The van der Waals surface area contributed by atoms with E-state index in [0.29, 0.717) is 0 Å². The maximum absolute atomic E-state index is 5.74. The van der Waals surface area contributed by atoms with Crippen LogP contribution in [0.1, 0.15) is 13.8 Å². The maximum Gasteiger partial charge on any atom is 0.121 e. The second kappa shape index (κ2) is 5.98. The zero-order chi connectivity index (χ0) is 12.1. The summed E-state index contributed by atoms with van der Waals surface area (Å²) >= 11 is 1.66. The van der Waals surface area contributed by atoms with Gasteiger partial charge in [-0.15, -0.1) is 11.3 Å². The summed E-state index contributed by atoms with van der Waals surface area (Å²) < 4.78 is 6.95. The van der Waals surface area contributed by atoms with E-state index in [-0.39, 0.29) is 0 Å². The summed E-state index contributed by atoms with van der Waals surface area (Å²) in [5, 5.41) is 0. The molecule has 4 heteroatoms. The molecule has 0 fully saturated rings. The van der Waals surface area contributed by atoms with E-state index < -0.39 is 0 Å². The maximum atomic E-state index is 5.74. The third-order valence-corrected chi connectivity index (χ3v) is 3.68. The number of fused-ring (bicyclic) bond motifs is 1. The first-order chi connectivity index (χ1) is 8.33. The van der Waals surface area contributed by atoms with Gasteiger partial charge in [-0.25, -0.2) is 4.98 Å². The topological polar surface area (TPSA) is 25.4 Å². The molecule has 1 aromatic carbocycles. The van der Waals surface area contributed by atoms with Crippen molar-refractivity contribution >= 4 is 21.6 Å². The van der Waals surface area contributed by atoms with Crippen LogP contribution in [-0.2, 0) is 0 Å². The first-order valence-electron chi connectivity index (χ1n) is 6.02. The van der Waals surface area contributed by atoms with Crippen LogP contribution < -0.4 is 4.74 Å². The Morgan fingerprint density at radius 2 is 2.12 bits per heavy atom. The van der Waals surface area contributed by atoms with Crippen LogP contribution in [0.5, 0.6) is 5.75 Å². The third-order valence-electron chi connectivity index (χ3n) is 2.87. The summed E-state index contributed by atoms with van der Waals surface area (Å²) in [5.74, 6) is 0.913. The van der Waals surface area contributed by atoms with Crippen LogP contribution in [0.4, 0.5) is 0 Å². The number of thiazole rings is 1. The van der Waals surface area contributed by atoms with Gasteiger partial charge in [0.05, 0.1) is 15.7 Å². The lowest BCUT2D eigenvalue weighted by Gasteiger charge is -2.17. The van der Waals surface area contributed by atoms with Gasteiger partial charge in [0.1, 0.15) is 12.4 Å². The van der Waals surface area contributed by atoms with Gasteiger partial charge < -0.3 is 9.64 Å². The fourth-order valence-electron chi connectivity index (χ4n) is 1.76. The highest BCUT2D eigenvalue weighted by Gasteiger charge is 2.01. The lowest BCUT2D eigenvalue weighted by Crippen LogP contribution is -2.27. The van der Waals surface area contributed by atoms with E-state index in [4.69, 9.17) is 4.74 Å². The van der Waals surface area contributed by atoms with Gasteiger partial charge in [0.15, 0.2) is 0 Å². The molecule has 0 spiro atoms. The largest absolute Gasteiger partial charge is 0.492 e. The molecule has 0 aliphatic carbocycles. The van der Waals surface area contributed by atoms with Crippen molar-refractivity contribution in [1.82, 2.24) is 9.88 Å². The van der Waals surface area contributed by atoms with Crippen LogP contribution in [0.3, 0.4) is 0 Å². The first-order valence-corrected chi connectivity index (χ1v) is 6.90. The van der Waals surface area contributed by atoms with Crippen molar-refractivity contribution in [2.75, 3.05) is 26.2 Å². The Balaban J connectivity index is 1.90. The SMILES string of the molecule is CCN(CC)CCOc1ccc2scnc2c1. The molecule has 0 saturated heterocycles. The average molecular weight is 250 g/mol. The zero-order valence-corrected chi connectivity index (χ0v) is 11.2. The van der Waals surface area contributed by atoms with Gasteiger partial charge in [-0.1, -0.05) is 13.8 Å². The summed E-state index contributed by atoms with van der Waals surface area (Å²) in [5.41, 5.74) is 2.89. The molecular formula is C13H18N2OS. The summed E-state index contributed by atoms with van der Waals surface area (Å²) in [7, 11) is 0. The van der Waals surface area contributed by atoms with Crippen molar-refractivity contribution in [3.63, 3.8) is 0 Å². The van der Waals surface area contributed by atoms with E-state index in [9.17, 15) is 0 Å². The second-order valence-electron chi connectivity index (χ2n) is 3.86. The van der Waals surface area contributed by atoms with E-state index in [1.54, 1.807) is 11.3 Å². The Labute approximate surface area is 106 Å². The van der Waals surface area contributed by atoms with E-state index >= 15 is 0 Å². The van der Waals surface area contributed by atoms with Crippen LogP contribution in [0.25, 0.3) is 10.2 Å². The fourth-order valence-corrected chi connectivity index (χ4v) is 2.42. The number of nitrogens with zero attached hydrogens (tertiary/aromatic N) is 2. The van der Waals surface area contributed by atoms with Crippen molar-refractivity contribution in [2.45, 2.75) is 13.8 Å². The number of rotatable bonds is 6. The van der Waals surface area contributed by atoms with Crippen LogP contribution >= 0.6 is 11.3 Å². The molecule has 1 aromatic heterocycles. The normalized spacial score (nSPS) is 11.2. The van der Waals surface area contributed by atoms with Gasteiger partial charge in [-0.3, -0.25) is 0 Å². The quantitative estimate of drug-likeness (QED) is 0.788. The highest BCUT2D eigenvalue weighted by molar-refractivity contribution is 7.16. The summed E-state index contributed by atoms with van der Waals surface area (Å²) in [6, 6.07) is 6.09. The zero-order valence-electron chi connectivity index (χ0n) is 10.3. The number of hydrogen-bond acceptors (Lipinski definition) is 4. The van der Waals surface area contributed by atoms with Crippen molar-refractivity contribution in [3.05, 3.63) is 23.7 Å². The molecule has 0 aliphatic heterocycles. The number of ether oxygens (including phenoxy) is 1. The van der Waals surface area contributed by atoms with Gasteiger partial charge in [0.2, 0.25) is 0 Å². The fraction of sp³-hybridized carbons (Fsp3) is 0.462. The highest BCUT2D eigenvalue weighted by atomic mass is 32.1. The second-order valence-corrected chi connectivity index (χ2v) is 4.74. The Morgan fingerprint density at radius 1 is 1.29 bits per heavy atom. The molecule has 0 bridgehead atoms. The van der Waals surface area contributed by atoms with Crippen LogP contribution in [0.2, 0.25) is 0 Å². The summed E-state index contributed by atoms with van der Waals surface area (Å²) in [4.78, 5) is 6.63. The molecule has 1 heterocycles. The van der Waals surface area contributed by atoms with Crippen LogP contribution in [0, 0.1) is 0 Å². The van der Waals surface area contributed by atoms with Gasteiger partial charge in [0.25, 0.3) is 0 Å². The van der Waals surface area contributed by atoms with Crippen LogP contribution in [0.15, 0.2) is 23.7 Å². The Morgan fingerprint density at radius 3 is 2.88 bits per heavy atom. The minimum absolute atomic E-state index is 0.733. The van der Waals surface area contributed by atoms with Gasteiger partial charge in [0, 0.05) is 12.6 Å². The number of benzene rings is 1. The minimum atomic E-state index is 0.733. The van der Waals surface area contributed by atoms with Gasteiger partial charge in [-0.05, 0) is 25.2 Å². The van der Waals surface area contributed by atoms with E-state index in [1.807, 2.05) is 17.6 Å². The molecule has 2 aromatic rings. The van der Waals surface area contributed by atoms with E-state index in [0.717, 1.165) is 37.5 Å². The Hall–Kier alpha value is -1.13. The number of likely N-dealkylation sites (N-methyl/N-ethyl adjacent to an activating group) is 1. The summed E-state index contributed by atoms with van der Waals surface area (Å²) in [6.45, 7) is 8.20. The minimum Gasteiger partial charge on any atom is -0.492 e. The average Bonchev–Trinajstić information content (AvgIpc) is 2.82. The molecule has 0 aliphatic rings. The van der Waals surface area contributed by atoms with E-state index in [1.165, 1.54) is 4.70 Å². The molecule has 2 rings (SSSR count).